The van der Waals surface area contributed by atoms with Crippen molar-refractivity contribution < 1.29 is 15.0 Å². The largest absolute Gasteiger partial charge is 0.376 e. The third-order valence-corrected chi connectivity index (χ3v) is 1.31. The first kappa shape index (κ1) is 7.96. The van der Waals surface area contributed by atoms with Gasteiger partial charge in [0.15, 0.2) is 0 Å². The molecule has 1 aliphatic heterocycles. The predicted molar refractivity (Wildman–Crippen MR) is 36.6 cm³/mol. The van der Waals surface area contributed by atoms with Crippen LogP contribution in [0.2, 0.25) is 0 Å². The molecule has 6 heteroatoms. The summed E-state index contributed by atoms with van der Waals surface area (Å²) in [5, 5.41) is 17.2. The monoisotopic (exact) mass is 159 g/mol. The average Bonchev–Trinajstić information content (AvgIpc) is 2.05. The molecule has 0 saturated carbocycles. The summed E-state index contributed by atoms with van der Waals surface area (Å²) < 4.78 is 0. The van der Waals surface area contributed by atoms with E-state index in [1.807, 2.05) is 0 Å². The molecule has 2 N–H and O–H groups in total. The lowest BCUT2D eigenvalue weighted by molar-refractivity contribution is 0.0870. The van der Waals surface area contributed by atoms with Crippen molar-refractivity contribution in [3.05, 3.63) is 0 Å². The number of rotatable bonds is 2. The molecular formula is C5H9N3O3. The van der Waals surface area contributed by atoms with Crippen LogP contribution in [0.25, 0.3) is 0 Å². The smallest absolute Gasteiger partial charge is 0.330 e. The topological polar surface area (TPSA) is 76.4 Å². The second kappa shape index (κ2) is 3.31. The number of urea groups is 1. The number of hydrogen-bond acceptors (Lipinski definition) is 4. The zero-order valence-electron chi connectivity index (χ0n) is 5.84. The summed E-state index contributed by atoms with van der Waals surface area (Å²) in [6.07, 6.45) is 1.24. The fraction of sp³-hybridized carbons (Fsp3) is 0.600. The highest BCUT2D eigenvalue weighted by Gasteiger charge is 2.20. The summed E-state index contributed by atoms with van der Waals surface area (Å²) in [6.45, 7) is -0.655. The van der Waals surface area contributed by atoms with Crippen LogP contribution >= 0.6 is 0 Å². The van der Waals surface area contributed by atoms with Crippen LogP contribution in [0.1, 0.15) is 0 Å². The molecule has 0 fully saturated rings. The van der Waals surface area contributed by atoms with Crippen LogP contribution < -0.4 is 0 Å². The molecule has 11 heavy (non-hydrogen) atoms. The van der Waals surface area contributed by atoms with Crippen molar-refractivity contribution in [2.45, 2.75) is 0 Å². The summed E-state index contributed by atoms with van der Waals surface area (Å²) in [6, 6.07) is -0.440. The molecular weight excluding hydrogens is 150 g/mol. The maximum absolute atomic E-state index is 11.0. The first-order chi connectivity index (χ1) is 5.29. The molecule has 0 bridgehead atoms. The number of aliphatic imine (C=N–C) groups is 1. The van der Waals surface area contributed by atoms with Gasteiger partial charge in [-0.1, -0.05) is 0 Å². The van der Waals surface area contributed by atoms with Gasteiger partial charge in [0.2, 0.25) is 0 Å². The van der Waals surface area contributed by atoms with Gasteiger partial charge in [0, 0.05) is 0 Å². The van der Waals surface area contributed by atoms with Crippen molar-refractivity contribution in [2.75, 3.05) is 20.1 Å². The quantitative estimate of drug-likeness (QED) is 0.520. The van der Waals surface area contributed by atoms with Crippen LogP contribution in [0.15, 0.2) is 4.99 Å². The summed E-state index contributed by atoms with van der Waals surface area (Å²) in [4.78, 5) is 16.8. The van der Waals surface area contributed by atoms with Crippen molar-refractivity contribution in [3.8, 4) is 0 Å². The van der Waals surface area contributed by atoms with E-state index in [1.54, 1.807) is 0 Å². The zero-order chi connectivity index (χ0) is 8.27. The van der Waals surface area contributed by atoms with Gasteiger partial charge in [-0.3, -0.25) is 14.8 Å². The molecule has 1 rings (SSSR count). The van der Waals surface area contributed by atoms with Gasteiger partial charge < -0.3 is 10.2 Å². The first-order valence-electron chi connectivity index (χ1n) is 3.07. The minimum absolute atomic E-state index is 0.145. The standard InChI is InChI=1S/C5H9N3O3/c9-3-7-1-6-2-8(4-10)5(7)11/h1,9-10H,2-4H2. The minimum Gasteiger partial charge on any atom is -0.376 e. The molecule has 0 aliphatic carbocycles. The van der Waals surface area contributed by atoms with Crippen molar-refractivity contribution in [1.82, 2.24) is 9.80 Å². The van der Waals surface area contributed by atoms with Gasteiger partial charge in [-0.15, -0.1) is 0 Å². The molecule has 0 unspecified atom stereocenters. The van der Waals surface area contributed by atoms with E-state index in [0.29, 0.717) is 0 Å². The predicted octanol–water partition coefficient (Wildman–Crippen LogP) is -1.39. The summed E-state index contributed by atoms with van der Waals surface area (Å²) >= 11 is 0. The molecule has 62 valence electrons. The van der Waals surface area contributed by atoms with Gasteiger partial charge in [0.1, 0.15) is 20.1 Å². The van der Waals surface area contributed by atoms with E-state index in [2.05, 4.69) is 4.99 Å². The van der Waals surface area contributed by atoms with Crippen molar-refractivity contribution in [1.29, 1.82) is 0 Å². The number of carbonyl (C=O) groups is 1. The third-order valence-electron chi connectivity index (χ3n) is 1.31. The van der Waals surface area contributed by atoms with E-state index in [9.17, 15) is 4.79 Å². The highest BCUT2D eigenvalue weighted by molar-refractivity contribution is 5.87. The van der Waals surface area contributed by atoms with Gasteiger partial charge in [0.25, 0.3) is 0 Å². The fourth-order valence-corrected chi connectivity index (χ4v) is 0.727. The number of amides is 2. The van der Waals surface area contributed by atoms with Crippen LogP contribution in [0.3, 0.4) is 0 Å². The van der Waals surface area contributed by atoms with Crippen LogP contribution in [0.4, 0.5) is 4.79 Å². The van der Waals surface area contributed by atoms with E-state index in [1.165, 1.54) is 6.34 Å². The molecule has 6 nitrogen and oxygen atoms in total. The number of carbonyl (C=O) groups excluding carboxylic acids is 1. The normalized spacial score (nSPS) is 17.8. The minimum atomic E-state index is -0.440. The lowest BCUT2D eigenvalue weighted by Gasteiger charge is -2.27. The van der Waals surface area contributed by atoms with E-state index < -0.39 is 12.8 Å². The highest BCUT2D eigenvalue weighted by Crippen LogP contribution is 2.00. The van der Waals surface area contributed by atoms with Gasteiger partial charge >= 0.3 is 6.03 Å². The van der Waals surface area contributed by atoms with E-state index in [4.69, 9.17) is 10.2 Å². The SMILES string of the molecule is O=C1N(CO)C=NCN1CO. The lowest BCUT2D eigenvalue weighted by Crippen LogP contribution is -2.46. The second-order valence-corrected chi connectivity index (χ2v) is 2.01. The Hall–Kier alpha value is -1.14. The highest BCUT2D eigenvalue weighted by atomic mass is 16.3. The van der Waals surface area contributed by atoms with E-state index in [0.717, 1.165) is 9.80 Å². The van der Waals surface area contributed by atoms with Crippen molar-refractivity contribution in [2.24, 2.45) is 4.99 Å². The number of aliphatic hydroxyl groups excluding tert-OH is 2. The summed E-state index contributed by atoms with van der Waals surface area (Å²) in [5.41, 5.74) is 0. The van der Waals surface area contributed by atoms with Crippen LogP contribution in [-0.4, -0.2) is 52.5 Å². The fourth-order valence-electron chi connectivity index (χ4n) is 0.727. The molecule has 0 aromatic rings. The van der Waals surface area contributed by atoms with E-state index >= 15 is 0 Å². The maximum Gasteiger partial charge on any atom is 0.330 e. The van der Waals surface area contributed by atoms with Crippen molar-refractivity contribution >= 4 is 12.4 Å². The Bertz CT molecular complexity index is 182. The maximum atomic E-state index is 11.0. The molecule has 0 saturated heterocycles. The van der Waals surface area contributed by atoms with E-state index in [-0.39, 0.29) is 13.4 Å². The Morgan fingerprint density at radius 1 is 1.55 bits per heavy atom. The summed E-state index contributed by atoms with van der Waals surface area (Å²) in [5.74, 6) is 0. The van der Waals surface area contributed by atoms with Crippen molar-refractivity contribution in [3.63, 3.8) is 0 Å². The van der Waals surface area contributed by atoms with Gasteiger partial charge in [-0.2, -0.15) is 0 Å². The Labute approximate surface area is 63.4 Å². The number of hydrogen-bond donors (Lipinski definition) is 2. The molecule has 0 radical (unpaired) electrons. The van der Waals surface area contributed by atoms with Gasteiger partial charge in [-0.25, -0.2) is 4.79 Å². The lowest BCUT2D eigenvalue weighted by atomic mass is 10.6. The number of nitrogens with zero attached hydrogens (tertiary/aromatic N) is 3. The van der Waals surface area contributed by atoms with Crippen LogP contribution in [0.5, 0.6) is 0 Å². The first-order valence-corrected chi connectivity index (χ1v) is 3.07. The Morgan fingerprint density at radius 3 is 2.82 bits per heavy atom. The second-order valence-electron chi connectivity index (χ2n) is 2.01. The van der Waals surface area contributed by atoms with Crippen LogP contribution in [-0.2, 0) is 0 Å². The van der Waals surface area contributed by atoms with Gasteiger partial charge in [-0.05, 0) is 0 Å². The third kappa shape index (κ3) is 1.47. The number of aliphatic hydroxyl groups is 2. The Balaban J connectivity index is 2.65. The Kier molecular flexibility index (Phi) is 2.40. The summed E-state index contributed by atoms with van der Waals surface area (Å²) in [7, 11) is 0. The molecule has 0 aromatic carbocycles. The average molecular weight is 159 g/mol. The van der Waals surface area contributed by atoms with Gasteiger partial charge in [0.05, 0.1) is 6.34 Å². The molecule has 0 aromatic heterocycles. The molecule has 0 atom stereocenters. The molecule has 2 amide bonds. The zero-order valence-corrected chi connectivity index (χ0v) is 5.84. The Morgan fingerprint density at radius 2 is 2.27 bits per heavy atom. The molecule has 1 heterocycles. The molecule has 1 aliphatic rings. The van der Waals surface area contributed by atoms with Crippen LogP contribution in [0, 0.1) is 0 Å². The molecule has 0 spiro atoms.